The number of ether oxygens (including phenoxy) is 1. The second-order valence-electron chi connectivity index (χ2n) is 7.00. The van der Waals surface area contributed by atoms with Gasteiger partial charge in [0.2, 0.25) is 5.91 Å². The van der Waals surface area contributed by atoms with E-state index in [1.807, 2.05) is 50.2 Å². The largest absolute Gasteiger partial charge is 0.488 e. The van der Waals surface area contributed by atoms with Crippen LogP contribution >= 0.6 is 34.2 Å². The van der Waals surface area contributed by atoms with Crippen LogP contribution in [0.5, 0.6) is 5.75 Å². The molecule has 0 fully saturated rings. The first-order valence-electron chi connectivity index (χ1n) is 9.45. The molecule has 0 spiro atoms. The Balaban J connectivity index is 1.63. The van der Waals surface area contributed by atoms with E-state index in [4.69, 9.17) is 16.3 Å². The molecule has 3 aromatic rings. The second kappa shape index (κ2) is 10.6. The van der Waals surface area contributed by atoms with E-state index in [9.17, 15) is 4.79 Å². The molecule has 4 nitrogen and oxygen atoms in total. The molecule has 1 N–H and O–H groups in total. The zero-order valence-electron chi connectivity index (χ0n) is 16.8. The number of rotatable bonds is 7. The van der Waals surface area contributed by atoms with E-state index in [1.54, 1.807) is 24.4 Å². The van der Waals surface area contributed by atoms with Gasteiger partial charge in [-0.15, -0.1) is 0 Å². The second-order valence-corrected chi connectivity index (χ2v) is 8.68. The molecule has 0 unspecified atom stereocenters. The van der Waals surface area contributed by atoms with E-state index in [0.717, 1.165) is 16.7 Å². The van der Waals surface area contributed by atoms with Gasteiger partial charge in [-0.05, 0) is 83.5 Å². The molecule has 0 aliphatic heterocycles. The van der Waals surface area contributed by atoms with Crippen LogP contribution in [0.4, 0.5) is 0 Å². The number of hydrogen-bond donors (Lipinski definition) is 1. The van der Waals surface area contributed by atoms with Gasteiger partial charge in [0.1, 0.15) is 12.4 Å². The molecule has 1 amide bonds. The van der Waals surface area contributed by atoms with Crippen LogP contribution in [0.1, 0.15) is 27.8 Å². The van der Waals surface area contributed by atoms with Crippen molar-refractivity contribution in [2.24, 2.45) is 5.10 Å². The summed E-state index contributed by atoms with van der Waals surface area (Å²) in [4.78, 5) is 12.2. The average molecular weight is 533 g/mol. The van der Waals surface area contributed by atoms with E-state index in [0.29, 0.717) is 22.9 Å². The van der Waals surface area contributed by atoms with Crippen LogP contribution in [-0.2, 0) is 17.8 Å². The first-order chi connectivity index (χ1) is 14.4. The number of carbonyl (C=O) groups is 1. The molecular formula is C24H22ClIN2O2. The summed E-state index contributed by atoms with van der Waals surface area (Å²) >= 11 is 8.39. The van der Waals surface area contributed by atoms with Gasteiger partial charge in [0.05, 0.1) is 12.6 Å². The van der Waals surface area contributed by atoms with Gasteiger partial charge in [-0.3, -0.25) is 4.79 Å². The smallest absolute Gasteiger partial charge is 0.244 e. The van der Waals surface area contributed by atoms with E-state index >= 15 is 0 Å². The number of carbonyl (C=O) groups excluding carboxylic acids is 1. The van der Waals surface area contributed by atoms with Gasteiger partial charge >= 0.3 is 0 Å². The zero-order valence-corrected chi connectivity index (χ0v) is 19.7. The summed E-state index contributed by atoms with van der Waals surface area (Å²) in [5.41, 5.74) is 7.59. The summed E-state index contributed by atoms with van der Waals surface area (Å²) in [5.74, 6) is 0.465. The van der Waals surface area contributed by atoms with Crippen molar-refractivity contribution in [2.45, 2.75) is 26.9 Å². The number of aryl methyl sites for hydroxylation is 2. The van der Waals surface area contributed by atoms with Crippen LogP contribution in [0.3, 0.4) is 0 Å². The highest BCUT2D eigenvalue weighted by Gasteiger charge is 2.07. The summed E-state index contributed by atoms with van der Waals surface area (Å²) in [5, 5.41) is 4.66. The maximum Gasteiger partial charge on any atom is 0.244 e. The SMILES string of the molecule is Cc1ccc(CC(=O)N/N=C/c2cc(Cl)ccc2OCc2ccc(I)cc2)c(C)c1. The van der Waals surface area contributed by atoms with Crippen LogP contribution in [0.25, 0.3) is 0 Å². The molecular weight excluding hydrogens is 511 g/mol. The number of nitrogens with one attached hydrogen (secondary N) is 1. The standard InChI is InChI=1S/C24H22ClIN2O2/c1-16-3-6-19(17(2)11-16)13-24(29)28-27-14-20-12-21(25)7-10-23(20)30-15-18-4-8-22(26)9-5-18/h3-12,14H,13,15H2,1-2H3,(H,28,29)/b27-14+. The molecule has 0 heterocycles. The Labute approximate surface area is 195 Å². The molecule has 0 saturated heterocycles. The van der Waals surface area contributed by atoms with Crippen LogP contribution in [0.2, 0.25) is 5.02 Å². The summed E-state index contributed by atoms with van der Waals surface area (Å²) in [6, 6.07) is 19.5. The topological polar surface area (TPSA) is 50.7 Å². The van der Waals surface area contributed by atoms with Gasteiger partial charge < -0.3 is 4.74 Å². The van der Waals surface area contributed by atoms with E-state index in [-0.39, 0.29) is 12.3 Å². The van der Waals surface area contributed by atoms with E-state index in [2.05, 4.69) is 39.2 Å². The first-order valence-corrected chi connectivity index (χ1v) is 10.9. The molecule has 3 aromatic carbocycles. The Morgan fingerprint density at radius 3 is 2.60 bits per heavy atom. The minimum Gasteiger partial charge on any atom is -0.488 e. The fourth-order valence-electron chi connectivity index (χ4n) is 2.92. The van der Waals surface area contributed by atoms with Crippen molar-refractivity contribution in [1.29, 1.82) is 0 Å². The molecule has 154 valence electrons. The lowest BCUT2D eigenvalue weighted by atomic mass is 10.0. The van der Waals surface area contributed by atoms with Crippen molar-refractivity contribution in [3.8, 4) is 5.75 Å². The van der Waals surface area contributed by atoms with Crippen LogP contribution < -0.4 is 10.2 Å². The maximum atomic E-state index is 12.2. The summed E-state index contributed by atoms with van der Waals surface area (Å²) < 4.78 is 7.11. The average Bonchev–Trinajstić information content (AvgIpc) is 2.71. The van der Waals surface area contributed by atoms with Crippen molar-refractivity contribution in [3.05, 3.63) is 97.1 Å². The molecule has 0 aromatic heterocycles. The molecule has 30 heavy (non-hydrogen) atoms. The lowest BCUT2D eigenvalue weighted by Gasteiger charge is -2.10. The number of amides is 1. The number of halogens is 2. The van der Waals surface area contributed by atoms with Gasteiger partial charge in [-0.25, -0.2) is 5.43 Å². The van der Waals surface area contributed by atoms with Gasteiger partial charge in [0, 0.05) is 14.2 Å². The highest BCUT2D eigenvalue weighted by Crippen LogP contribution is 2.22. The molecule has 0 aliphatic rings. The molecule has 6 heteroatoms. The third-order valence-electron chi connectivity index (χ3n) is 4.52. The summed E-state index contributed by atoms with van der Waals surface area (Å²) in [7, 11) is 0. The molecule has 0 aliphatic carbocycles. The maximum absolute atomic E-state index is 12.2. The fraction of sp³-hybridized carbons (Fsp3) is 0.167. The van der Waals surface area contributed by atoms with Crippen molar-refractivity contribution >= 4 is 46.3 Å². The lowest BCUT2D eigenvalue weighted by molar-refractivity contribution is -0.120. The first kappa shape index (κ1) is 22.3. The van der Waals surface area contributed by atoms with Gasteiger partial charge in [-0.1, -0.05) is 47.5 Å². The van der Waals surface area contributed by atoms with Crippen LogP contribution in [0.15, 0.2) is 65.8 Å². The summed E-state index contributed by atoms with van der Waals surface area (Å²) in [6.07, 6.45) is 1.82. The fourth-order valence-corrected chi connectivity index (χ4v) is 3.46. The molecule has 0 saturated carbocycles. The molecule has 0 atom stereocenters. The normalized spacial score (nSPS) is 10.9. The van der Waals surface area contributed by atoms with Crippen molar-refractivity contribution in [1.82, 2.24) is 5.43 Å². The van der Waals surface area contributed by atoms with Gasteiger partial charge in [0.15, 0.2) is 0 Å². The van der Waals surface area contributed by atoms with Crippen LogP contribution in [0, 0.1) is 17.4 Å². The Morgan fingerprint density at radius 1 is 1.10 bits per heavy atom. The Morgan fingerprint density at radius 2 is 1.87 bits per heavy atom. The third kappa shape index (κ3) is 6.57. The quantitative estimate of drug-likeness (QED) is 0.236. The number of hydrogen-bond acceptors (Lipinski definition) is 3. The Kier molecular flexibility index (Phi) is 7.87. The van der Waals surface area contributed by atoms with Crippen molar-refractivity contribution < 1.29 is 9.53 Å². The van der Waals surface area contributed by atoms with Gasteiger partial charge in [0.25, 0.3) is 0 Å². The number of hydrazone groups is 1. The Bertz CT molecular complexity index is 1070. The van der Waals surface area contributed by atoms with E-state index in [1.165, 1.54) is 9.13 Å². The highest BCUT2D eigenvalue weighted by molar-refractivity contribution is 14.1. The minimum atomic E-state index is -0.179. The molecule has 0 bridgehead atoms. The Hall–Kier alpha value is -2.38. The number of nitrogens with zero attached hydrogens (tertiary/aromatic N) is 1. The highest BCUT2D eigenvalue weighted by atomic mass is 127. The van der Waals surface area contributed by atoms with Crippen LogP contribution in [-0.4, -0.2) is 12.1 Å². The summed E-state index contributed by atoms with van der Waals surface area (Å²) in [6.45, 7) is 4.46. The zero-order chi connectivity index (χ0) is 21.5. The van der Waals surface area contributed by atoms with Crippen molar-refractivity contribution in [3.63, 3.8) is 0 Å². The minimum absolute atomic E-state index is 0.179. The predicted octanol–water partition coefficient (Wildman–Crippen LogP) is 5.83. The third-order valence-corrected chi connectivity index (χ3v) is 5.48. The monoisotopic (exact) mass is 532 g/mol. The predicted molar refractivity (Wildman–Crippen MR) is 130 cm³/mol. The molecule has 3 rings (SSSR count). The van der Waals surface area contributed by atoms with E-state index < -0.39 is 0 Å². The van der Waals surface area contributed by atoms with Crippen molar-refractivity contribution in [2.75, 3.05) is 0 Å². The lowest BCUT2D eigenvalue weighted by Crippen LogP contribution is -2.20. The van der Waals surface area contributed by atoms with Gasteiger partial charge in [-0.2, -0.15) is 5.10 Å². The molecule has 0 radical (unpaired) electrons. The number of benzene rings is 3.